The average Bonchev–Trinajstić information content (AvgIpc) is 2.60. The first-order valence-electron chi connectivity index (χ1n) is 4.45. The number of aromatic nitrogens is 3. The molecule has 0 saturated carbocycles. The van der Waals surface area contributed by atoms with Crippen LogP contribution in [0.15, 0.2) is 29.4 Å². The molecule has 0 bridgehead atoms. The van der Waals surface area contributed by atoms with Gasteiger partial charge in [-0.05, 0) is 12.1 Å². The summed E-state index contributed by atoms with van der Waals surface area (Å²) in [4.78, 5) is 0. The van der Waals surface area contributed by atoms with Crippen molar-refractivity contribution in [2.45, 2.75) is 5.16 Å². The smallest absolute Gasteiger partial charge is 0.188 e. The van der Waals surface area contributed by atoms with E-state index in [1.807, 2.05) is 35.9 Å². The molecule has 1 heterocycles. The first-order valence-corrected chi connectivity index (χ1v) is 4.90. The predicted molar refractivity (Wildman–Crippen MR) is 60.2 cm³/mol. The molecule has 0 atom stereocenters. The number of hydrogen-bond donors (Lipinski definition) is 1. The lowest BCUT2D eigenvalue weighted by molar-refractivity contribution is 0.415. The van der Waals surface area contributed by atoms with E-state index in [0.717, 1.165) is 17.1 Å². The van der Waals surface area contributed by atoms with Gasteiger partial charge in [0.1, 0.15) is 5.75 Å². The summed E-state index contributed by atoms with van der Waals surface area (Å²) in [5.41, 5.74) is 0.963. The van der Waals surface area contributed by atoms with Crippen molar-refractivity contribution < 1.29 is 4.74 Å². The van der Waals surface area contributed by atoms with Crippen molar-refractivity contribution in [2.24, 2.45) is 7.05 Å². The monoisotopic (exact) mass is 221 g/mol. The van der Waals surface area contributed by atoms with Gasteiger partial charge < -0.3 is 9.30 Å². The number of benzene rings is 1. The number of nitrogens with zero attached hydrogens (tertiary/aromatic N) is 3. The minimum atomic E-state index is 0.591. The zero-order valence-electron chi connectivity index (χ0n) is 8.51. The van der Waals surface area contributed by atoms with Crippen LogP contribution in [0.3, 0.4) is 0 Å². The van der Waals surface area contributed by atoms with Gasteiger partial charge >= 0.3 is 0 Å². The SMILES string of the molecule is COc1cccc(-c2nnc(S)n2C)c1. The van der Waals surface area contributed by atoms with Gasteiger partial charge in [0, 0.05) is 12.6 Å². The van der Waals surface area contributed by atoms with Gasteiger partial charge in [0.25, 0.3) is 0 Å². The third kappa shape index (κ3) is 1.83. The Labute approximate surface area is 93.3 Å². The molecule has 0 aliphatic heterocycles. The summed E-state index contributed by atoms with van der Waals surface area (Å²) in [7, 11) is 3.51. The van der Waals surface area contributed by atoms with E-state index in [1.54, 1.807) is 7.11 Å². The molecule has 2 aromatic rings. The number of thiol groups is 1. The number of ether oxygens (including phenoxy) is 1. The zero-order valence-corrected chi connectivity index (χ0v) is 9.40. The van der Waals surface area contributed by atoms with Crippen LogP contribution in [0, 0.1) is 0 Å². The molecule has 2 rings (SSSR count). The Morgan fingerprint density at radius 1 is 1.33 bits per heavy atom. The Morgan fingerprint density at radius 3 is 2.73 bits per heavy atom. The lowest BCUT2D eigenvalue weighted by Crippen LogP contribution is -1.93. The van der Waals surface area contributed by atoms with E-state index < -0.39 is 0 Å². The van der Waals surface area contributed by atoms with Gasteiger partial charge in [0.15, 0.2) is 11.0 Å². The van der Waals surface area contributed by atoms with Crippen molar-refractivity contribution in [3.8, 4) is 17.1 Å². The first kappa shape index (κ1) is 10.0. The van der Waals surface area contributed by atoms with E-state index in [1.165, 1.54) is 0 Å². The second-order valence-electron chi connectivity index (χ2n) is 3.11. The van der Waals surface area contributed by atoms with Crippen LogP contribution in [0.5, 0.6) is 5.75 Å². The van der Waals surface area contributed by atoms with Crippen molar-refractivity contribution in [3.63, 3.8) is 0 Å². The van der Waals surface area contributed by atoms with Gasteiger partial charge in [-0.25, -0.2) is 0 Å². The molecule has 0 saturated heterocycles. The normalized spacial score (nSPS) is 10.3. The number of rotatable bonds is 2. The van der Waals surface area contributed by atoms with Crippen molar-refractivity contribution >= 4 is 12.6 Å². The third-order valence-electron chi connectivity index (χ3n) is 2.18. The zero-order chi connectivity index (χ0) is 10.8. The topological polar surface area (TPSA) is 39.9 Å². The van der Waals surface area contributed by atoms with Crippen molar-refractivity contribution in [2.75, 3.05) is 7.11 Å². The highest BCUT2D eigenvalue weighted by Crippen LogP contribution is 2.22. The van der Waals surface area contributed by atoms with Crippen LogP contribution in [-0.4, -0.2) is 21.9 Å². The van der Waals surface area contributed by atoms with Crippen molar-refractivity contribution in [3.05, 3.63) is 24.3 Å². The van der Waals surface area contributed by atoms with Crippen LogP contribution in [0.1, 0.15) is 0 Å². The molecule has 15 heavy (non-hydrogen) atoms. The second-order valence-corrected chi connectivity index (χ2v) is 3.51. The van der Waals surface area contributed by atoms with Crippen LogP contribution >= 0.6 is 12.6 Å². The van der Waals surface area contributed by atoms with Crippen LogP contribution < -0.4 is 4.74 Å². The molecule has 0 radical (unpaired) electrons. The summed E-state index contributed by atoms with van der Waals surface area (Å²) in [6.45, 7) is 0. The van der Waals surface area contributed by atoms with E-state index in [0.29, 0.717) is 5.16 Å². The van der Waals surface area contributed by atoms with Gasteiger partial charge in [-0.3, -0.25) is 0 Å². The van der Waals surface area contributed by atoms with E-state index in [2.05, 4.69) is 22.8 Å². The minimum Gasteiger partial charge on any atom is -0.497 e. The molecule has 0 N–H and O–H groups in total. The molecule has 0 aliphatic carbocycles. The summed E-state index contributed by atoms with van der Waals surface area (Å²) < 4.78 is 6.96. The highest BCUT2D eigenvalue weighted by Gasteiger charge is 2.08. The summed E-state index contributed by atoms with van der Waals surface area (Å²) in [6, 6.07) is 7.68. The van der Waals surface area contributed by atoms with Gasteiger partial charge in [-0.15, -0.1) is 22.8 Å². The molecule has 0 aliphatic rings. The predicted octanol–water partition coefficient (Wildman–Crippen LogP) is 1.78. The van der Waals surface area contributed by atoms with E-state index in [4.69, 9.17) is 4.74 Å². The molecule has 0 unspecified atom stereocenters. The summed E-state index contributed by atoms with van der Waals surface area (Å²) in [5.74, 6) is 1.58. The lowest BCUT2D eigenvalue weighted by atomic mass is 10.2. The highest BCUT2D eigenvalue weighted by atomic mass is 32.1. The van der Waals surface area contributed by atoms with Crippen LogP contribution in [0.2, 0.25) is 0 Å². The number of hydrogen-bond acceptors (Lipinski definition) is 4. The van der Waals surface area contributed by atoms with Crippen LogP contribution in [0.4, 0.5) is 0 Å². The van der Waals surface area contributed by atoms with Gasteiger partial charge in [-0.2, -0.15) is 0 Å². The van der Waals surface area contributed by atoms with Crippen LogP contribution in [0.25, 0.3) is 11.4 Å². The fraction of sp³-hybridized carbons (Fsp3) is 0.200. The van der Waals surface area contributed by atoms with Gasteiger partial charge in [-0.1, -0.05) is 12.1 Å². The van der Waals surface area contributed by atoms with E-state index >= 15 is 0 Å². The van der Waals surface area contributed by atoms with E-state index in [-0.39, 0.29) is 0 Å². The Bertz CT molecular complexity index is 481. The molecule has 4 nitrogen and oxygen atoms in total. The maximum Gasteiger partial charge on any atom is 0.188 e. The Hall–Kier alpha value is -1.49. The Kier molecular flexibility index (Phi) is 2.64. The minimum absolute atomic E-state index is 0.591. The van der Waals surface area contributed by atoms with Crippen molar-refractivity contribution in [1.82, 2.24) is 14.8 Å². The molecule has 1 aromatic heterocycles. The molecule has 5 heteroatoms. The van der Waals surface area contributed by atoms with E-state index in [9.17, 15) is 0 Å². The Balaban J connectivity index is 2.49. The van der Waals surface area contributed by atoms with Crippen molar-refractivity contribution in [1.29, 1.82) is 0 Å². The standard InChI is InChI=1S/C10H11N3OS/c1-13-9(11-12-10(13)15)7-4-3-5-8(6-7)14-2/h3-6H,1-2H3,(H,12,15). The number of methoxy groups -OCH3 is 1. The first-order chi connectivity index (χ1) is 7.22. The summed E-state index contributed by atoms with van der Waals surface area (Å²) in [5, 5.41) is 8.52. The maximum absolute atomic E-state index is 5.15. The fourth-order valence-corrected chi connectivity index (χ4v) is 1.47. The maximum atomic E-state index is 5.15. The molecule has 0 fully saturated rings. The fourth-order valence-electron chi connectivity index (χ4n) is 1.33. The Morgan fingerprint density at radius 2 is 2.13 bits per heavy atom. The van der Waals surface area contributed by atoms with Crippen LogP contribution in [-0.2, 0) is 7.05 Å². The second kappa shape index (κ2) is 3.94. The molecular weight excluding hydrogens is 210 g/mol. The molecular formula is C10H11N3OS. The highest BCUT2D eigenvalue weighted by molar-refractivity contribution is 7.80. The molecule has 1 aromatic carbocycles. The molecule has 78 valence electrons. The molecule has 0 spiro atoms. The van der Waals surface area contributed by atoms with Gasteiger partial charge in [0.05, 0.1) is 7.11 Å². The average molecular weight is 221 g/mol. The summed E-state index contributed by atoms with van der Waals surface area (Å²) >= 11 is 4.18. The quantitative estimate of drug-likeness (QED) is 0.786. The summed E-state index contributed by atoms with van der Waals surface area (Å²) in [6.07, 6.45) is 0. The lowest BCUT2D eigenvalue weighted by Gasteiger charge is -2.03. The molecule has 0 amide bonds. The third-order valence-corrected chi connectivity index (χ3v) is 2.57. The largest absolute Gasteiger partial charge is 0.497 e. The van der Waals surface area contributed by atoms with Gasteiger partial charge in [0.2, 0.25) is 0 Å².